The topological polar surface area (TPSA) is 20.2 Å². The van der Waals surface area contributed by atoms with Crippen molar-refractivity contribution >= 4 is 0 Å². The van der Waals surface area contributed by atoms with Crippen LogP contribution in [0.1, 0.15) is 37.1 Å². The van der Waals surface area contributed by atoms with Gasteiger partial charge in [-0.2, -0.15) is 0 Å². The molecule has 0 radical (unpaired) electrons. The Morgan fingerprint density at radius 3 is 2.54 bits per heavy atom. The maximum Gasteiger partial charge on any atom is 0.123 e. The number of alkyl halides is 1. The molecule has 1 saturated carbocycles. The fourth-order valence-electron chi connectivity index (χ4n) is 1.66. The van der Waals surface area contributed by atoms with Crippen LogP contribution in [0, 0.1) is 0 Å². The molecule has 0 amide bonds. The first-order valence-corrected chi connectivity index (χ1v) is 4.59. The lowest BCUT2D eigenvalue weighted by molar-refractivity contribution is 0.148. The molecule has 1 unspecified atom stereocenters. The molecular formula is C11H13FO. The van der Waals surface area contributed by atoms with Gasteiger partial charge in [-0.25, -0.2) is 4.39 Å². The number of hydrogen-bond donors (Lipinski definition) is 1. The lowest BCUT2D eigenvalue weighted by Crippen LogP contribution is -2.08. The molecule has 13 heavy (non-hydrogen) atoms. The van der Waals surface area contributed by atoms with E-state index in [2.05, 4.69) is 0 Å². The van der Waals surface area contributed by atoms with Crippen LogP contribution in [-0.2, 0) is 5.60 Å². The Morgan fingerprint density at radius 1 is 1.38 bits per heavy atom. The predicted octanol–water partition coefficient (Wildman–Crippen LogP) is 2.70. The number of rotatable bonds is 2. The first-order chi connectivity index (χ1) is 6.13. The van der Waals surface area contributed by atoms with E-state index in [1.807, 2.05) is 12.1 Å². The van der Waals surface area contributed by atoms with Gasteiger partial charge in [0.25, 0.3) is 0 Å². The second kappa shape index (κ2) is 2.81. The fourth-order valence-corrected chi connectivity index (χ4v) is 1.66. The summed E-state index contributed by atoms with van der Waals surface area (Å²) in [5, 5.41) is 9.86. The Hall–Kier alpha value is -0.890. The summed E-state index contributed by atoms with van der Waals surface area (Å²) in [6, 6.07) is 7.22. The van der Waals surface area contributed by atoms with Gasteiger partial charge >= 0.3 is 0 Å². The Bertz CT molecular complexity index is 316. The summed E-state index contributed by atoms with van der Waals surface area (Å²) in [5.74, 6) is 0. The van der Waals surface area contributed by atoms with Gasteiger partial charge in [0.2, 0.25) is 0 Å². The van der Waals surface area contributed by atoms with Crippen LogP contribution in [0.3, 0.4) is 0 Å². The molecule has 0 bridgehead atoms. The van der Waals surface area contributed by atoms with E-state index in [-0.39, 0.29) is 0 Å². The van der Waals surface area contributed by atoms with E-state index in [0.717, 1.165) is 18.4 Å². The highest BCUT2D eigenvalue weighted by Crippen LogP contribution is 2.47. The van der Waals surface area contributed by atoms with Gasteiger partial charge < -0.3 is 5.11 Å². The average molecular weight is 180 g/mol. The molecule has 1 aromatic carbocycles. The van der Waals surface area contributed by atoms with Gasteiger partial charge in [-0.3, -0.25) is 0 Å². The molecule has 2 heteroatoms. The molecule has 1 aromatic rings. The van der Waals surface area contributed by atoms with Crippen LogP contribution in [-0.4, -0.2) is 5.11 Å². The van der Waals surface area contributed by atoms with Crippen molar-refractivity contribution in [3.05, 3.63) is 35.4 Å². The highest BCUT2D eigenvalue weighted by molar-refractivity contribution is 5.36. The molecule has 0 saturated heterocycles. The summed E-state index contributed by atoms with van der Waals surface area (Å²) in [7, 11) is 0. The summed E-state index contributed by atoms with van der Waals surface area (Å²) < 4.78 is 13.1. The molecule has 1 aliphatic carbocycles. The standard InChI is InChI=1S/C11H13FO/c1-8(12)9-4-2-3-5-10(9)11(13)6-7-11/h2-5,8,13H,6-7H2,1H3. The highest BCUT2D eigenvalue weighted by Gasteiger charge is 2.43. The van der Waals surface area contributed by atoms with Crippen LogP contribution in [0.15, 0.2) is 24.3 Å². The van der Waals surface area contributed by atoms with Crippen molar-refractivity contribution in [2.24, 2.45) is 0 Å². The average Bonchev–Trinajstić information content (AvgIpc) is 2.85. The van der Waals surface area contributed by atoms with Gasteiger partial charge in [0.1, 0.15) is 6.17 Å². The molecule has 0 aromatic heterocycles. The van der Waals surface area contributed by atoms with Gasteiger partial charge in [-0.05, 0) is 30.9 Å². The Balaban J connectivity index is 2.44. The van der Waals surface area contributed by atoms with Crippen molar-refractivity contribution in [1.29, 1.82) is 0 Å². The van der Waals surface area contributed by atoms with Crippen molar-refractivity contribution in [2.75, 3.05) is 0 Å². The van der Waals surface area contributed by atoms with Crippen molar-refractivity contribution in [2.45, 2.75) is 31.5 Å². The van der Waals surface area contributed by atoms with Crippen LogP contribution in [0.2, 0.25) is 0 Å². The molecule has 70 valence electrons. The summed E-state index contributed by atoms with van der Waals surface area (Å²) in [6.07, 6.45) is 0.522. The molecule has 1 nitrogen and oxygen atoms in total. The lowest BCUT2D eigenvalue weighted by Gasteiger charge is -2.14. The van der Waals surface area contributed by atoms with Gasteiger partial charge in [-0.1, -0.05) is 24.3 Å². The zero-order chi connectivity index (χ0) is 9.47. The minimum Gasteiger partial charge on any atom is -0.385 e. The second-order valence-electron chi connectivity index (χ2n) is 3.73. The van der Waals surface area contributed by atoms with E-state index in [0.29, 0.717) is 5.56 Å². The quantitative estimate of drug-likeness (QED) is 0.741. The summed E-state index contributed by atoms with van der Waals surface area (Å²) >= 11 is 0. The summed E-state index contributed by atoms with van der Waals surface area (Å²) in [5.41, 5.74) is 0.671. The first-order valence-electron chi connectivity index (χ1n) is 4.59. The highest BCUT2D eigenvalue weighted by atomic mass is 19.1. The maximum absolute atomic E-state index is 13.1. The number of halogens is 1. The molecule has 0 spiro atoms. The van der Waals surface area contributed by atoms with Crippen molar-refractivity contribution < 1.29 is 9.50 Å². The second-order valence-corrected chi connectivity index (χ2v) is 3.73. The Morgan fingerprint density at radius 2 is 2.00 bits per heavy atom. The first kappa shape index (κ1) is 8.70. The number of hydrogen-bond acceptors (Lipinski definition) is 1. The summed E-state index contributed by atoms with van der Waals surface area (Å²) in [6.45, 7) is 1.50. The largest absolute Gasteiger partial charge is 0.385 e. The van der Waals surface area contributed by atoms with Crippen LogP contribution < -0.4 is 0 Å². The Labute approximate surface area is 77.2 Å². The van der Waals surface area contributed by atoms with Gasteiger partial charge in [-0.15, -0.1) is 0 Å². The van der Waals surface area contributed by atoms with Gasteiger partial charge in [0.05, 0.1) is 5.60 Å². The minimum absolute atomic E-state index is 0.627. The van der Waals surface area contributed by atoms with Crippen molar-refractivity contribution in [1.82, 2.24) is 0 Å². The minimum atomic E-state index is -0.999. The van der Waals surface area contributed by atoms with E-state index < -0.39 is 11.8 Å². The molecule has 2 rings (SSSR count). The van der Waals surface area contributed by atoms with E-state index in [1.165, 1.54) is 6.92 Å². The smallest absolute Gasteiger partial charge is 0.123 e. The van der Waals surface area contributed by atoms with Crippen molar-refractivity contribution in [3.63, 3.8) is 0 Å². The molecular weight excluding hydrogens is 167 g/mol. The molecule has 1 N–H and O–H groups in total. The van der Waals surface area contributed by atoms with Crippen LogP contribution in [0.5, 0.6) is 0 Å². The lowest BCUT2D eigenvalue weighted by atomic mass is 9.98. The van der Waals surface area contributed by atoms with Crippen LogP contribution in [0.25, 0.3) is 0 Å². The van der Waals surface area contributed by atoms with Crippen LogP contribution in [0.4, 0.5) is 4.39 Å². The summed E-state index contributed by atoms with van der Waals surface area (Å²) in [4.78, 5) is 0. The molecule has 1 aliphatic rings. The SMILES string of the molecule is CC(F)c1ccccc1C1(O)CC1. The van der Waals surface area contributed by atoms with E-state index >= 15 is 0 Å². The number of benzene rings is 1. The number of aliphatic hydroxyl groups is 1. The predicted molar refractivity (Wildman–Crippen MR) is 49.1 cm³/mol. The molecule has 0 heterocycles. The van der Waals surface area contributed by atoms with E-state index in [4.69, 9.17) is 0 Å². The van der Waals surface area contributed by atoms with Gasteiger partial charge in [0.15, 0.2) is 0 Å². The third-order valence-corrected chi connectivity index (χ3v) is 2.61. The molecule has 1 fully saturated rings. The molecule has 1 atom stereocenters. The maximum atomic E-state index is 13.1. The fraction of sp³-hybridized carbons (Fsp3) is 0.455. The molecule has 0 aliphatic heterocycles. The zero-order valence-corrected chi connectivity index (χ0v) is 7.63. The normalized spacial score (nSPS) is 21.2. The van der Waals surface area contributed by atoms with Crippen LogP contribution >= 0.6 is 0 Å². The zero-order valence-electron chi connectivity index (χ0n) is 7.63. The third-order valence-electron chi connectivity index (χ3n) is 2.61. The van der Waals surface area contributed by atoms with E-state index in [9.17, 15) is 9.50 Å². The monoisotopic (exact) mass is 180 g/mol. The van der Waals surface area contributed by atoms with Crippen molar-refractivity contribution in [3.8, 4) is 0 Å². The van der Waals surface area contributed by atoms with Gasteiger partial charge in [0, 0.05) is 0 Å². The third kappa shape index (κ3) is 1.46. The Kier molecular flexibility index (Phi) is 1.88. The van der Waals surface area contributed by atoms with E-state index in [1.54, 1.807) is 12.1 Å².